The number of nitrogens with zero attached hydrogens (tertiary/aromatic N) is 2. The lowest BCUT2D eigenvalue weighted by Gasteiger charge is -2.35. The summed E-state index contributed by atoms with van der Waals surface area (Å²) in [5.41, 5.74) is 0. The second-order valence-corrected chi connectivity index (χ2v) is 4.87. The number of carbonyl (C=O) groups is 2. The number of carbonyl (C=O) groups excluding carboxylic acids is 2. The number of piperazine rings is 1. The highest BCUT2D eigenvalue weighted by molar-refractivity contribution is 5.92. The number of ether oxygens (including phenoxy) is 1. The largest absolute Gasteiger partial charge is 0.391 e. The van der Waals surface area contributed by atoms with Crippen LogP contribution in [0.1, 0.15) is 13.3 Å². The number of amides is 2. The van der Waals surface area contributed by atoms with Gasteiger partial charge in [0, 0.05) is 25.6 Å². The van der Waals surface area contributed by atoms with E-state index in [1.807, 2.05) is 6.92 Å². The fourth-order valence-corrected chi connectivity index (χ4v) is 2.39. The topological polar surface area (TPSA) is 70.1 Å². The van der Waals surface area contributed by atoms with Crippen LogP contribution >= 0.6 is 0 Å². The zero-order chi connectivity index (χ0) is 13.1. The Kier molecular flexibility index (Phi) is 4.19. The molecule has 1 N–H and O–H groups in total. The maximum absolute atomic E-state index is 11.8. The molecule has 2 amide bonds. The fourth-order valence-electron chi connectivity index (χ4n) is 2.39. The second-order valence-electron chi connectivity index (χ2n) is 4.87. The average Bonchev–Trinajstić information content (AvgIpc) is 2.87. The molecule has 2 saturated heterocycles. The minimum absolute atomic E-state index is 0.0491. The number of hydrogen-bond donors (Lipinski definition) is 1. The van der Waals surface area contributed by atoms with Gasteiger partial charge < -0.3 is 19.6 Å². The Morgan fingerprint density at radius 2 is 2.00 bits per heavy atom. The Morgan fingerprint density at radius 1 is 1.33 bits per heavy atom. The summed E-state index contributed by atoms with van der Waals surface area (Å²) in [5.74, 6) is -0.0569. The molecule has 2 unspecified atom stereocenters. The molecule has 102 valence electrons. The van der Waals surface area contributed by atoms with E-state index in [-0.39, 0.29) is 37.4 Å². The van der Waals surface area contributed by atoms with E-state index in [2.05, 4.69) is 0 Å². The van der Waals surface area contributed by atoms with Gasteiger partial charge in [0.25, 0.3) is 0 Å². The van der Waals surface area contributed by atoms with E-state index in [0.717, 1.165) is 6.42 Å². The number of likely N-dealkylation sites (N-methyl/N-ethyl adjacent to an activating group) is 1. The van der Waals surface area contributed by atoms with Crippen molar-refractivity contribution >= 4 is 11.8 Å². The predicted octanol–water partition coefficient (Wildman–Crippen LogP) is -0.925. The Hall–Kier alpha value is -1.14. The lowest BCUT2D eigenvalue weighted by molar-refractivity contribution is -0.151. The van der Waals surface area contributed by atoms with E-state index in [1.165, 1.54) is 9.80 Å². The van der Waals surface area contributed by atoms with Crippen molar-refractivity contribution in [3.05, 3.63) is 0 Å². The molecule has 2 aliphatic heterocycles. The Bertz CT molecular complexity index is 328. The SMILES string of the molecule is CCN1CC(=O)N(CC(O)C2CCOC2)CC1=O. The molecule has 2 aliphatic rings. The molecule has 2 heterocycles. The second kappa shape index (κ2) is 5.67. The third-order valence-corrected chi connectivity index (χ3v) is 3.66. The standard InChI is InChI=1S/C12H20N2O4/c1-2-13-6-12(17)14(7-11(13)16)5-10(15)9-3-4-18-8-9/h9-10,15H,2-8H2,1H3. The van der Waals surface area contributed by atoms with E-state index in [0.29, 0.717) is 19.8 Å². The summed E-state index contributed by atoms with van der Waals surface area (Å²) in [4.78, 5) is 26.5. The third-order valence-electron chi connectivity index (χ3n) is 3.66. The first kappa shape index (κ1) is 13.3. The first-order valence-electron chi connectivity index (χ1n) is 6.43. The lowest BCUT2D eigenvalue weighted by Crippen LogP contribution is -2.55. The summed E-state index contributed by atoms with van der Waals surface area (Å²) in [7, 11) is 0. The zero-order valence-electron chi connectivity index (χ0n) is 10.7. The predicted molar refractivity (Wildman–Crippen MR) is 63.8 cm³/mol. The molecule has 6 nitrogen and oxygen atoms in total. The van der Waals surface area contributed by atoms with Crippen LogP contribution in [0.25, 0.3) is 0 Å². The van der Waals surface area contributed by atoms with Gasteiger partial charge in [0.15, 0.2) is 0 Å². The Balaban J connectivity index is 1.89. The van der Waals surface area contributed by atoms with Gasteiger partial charge in [-0.2, -0.15) is 0 Å². The first-order valence-corrected chi connectivity index (χ1v) is 6.43. The Morgan fingerprint density at radius 3 is 2.61 bits per heavy atom. The molecule has 0 aliphatic carbocycles. The molecule has 0 spiro atoms. The molecule has 2 rings (SSSR count). The van der Waals surface area contributed by atoms with Crippen molar-refractivity contribution in [1.29, 1.82) is 0 Å². The number of aliphatic hydroxyl groups is 1. The highest BCUT2D eigenvalue weighted by Gasteiger charge is 2.32. The highest BCUT2D eigenvalue weighted by atomic mass is 16.5. The molecule has 0 aromatic carbocycles. The summed E-state index contributed by atoms with van der Waals surface area (Å²) in [6.45, 7) is 4.05. The molecular formula is C12H20N2O4. The van der Waals surface area contributed by atoms with Crippen LogP contribution in [0.4, 0.5) is 0 Å². The maximum Gasteiger partial charge on any atom is 0.242 e. The fraction of sp³-hybridized carbons (Fsp3) is 0.833. The molecule has 18 heavy (non-hydrogen) atoms. The monoisotopic (exact) mass is 256 g/mol. The van der Waals surface area contributed by atoms with E-state index in [4.69, 9.17) is 4.74 Å². The van der Waals surface area contributed by atoms with Crippen molar-refractivity contribution in [2.75, 3.05) is 39.4 Å². The van der Waals surface area contributed by atoms with E-state index >= 15 is 0 Å². The van der Waals surface area contributed by atoms with Crippen molar-refractivity contribution in [3.8, 4) is 0 Å². The summed E-state index contributed by atoms with van der Waals surface area (Å²) >= 11 is 0. The molecular weight excluding hydrogens is 236 g/mol. The van der Waals surface area contributed by atoms with Crippen molar-refractivity contribution in [1.82, 2.24) is 9.80 Å². The van der Waals surface area contributed by atoms with Gasteiger partial charge in [0.2, 0.25) is 11.8 Å². The van der Waals surface area contributed by atoms with Gasteiger partial charge in [-0.1, -0.05) is 0 Å². The van der Waals surface area contributed by atoms with Crippen LogP contribution in [0.15, 0.2) is 0 Å². The Labute approximate surface area is 106 Å². The number of hydrogen-bond acceptors (Lipinski definition) is 4. The normalized spacial score (nSPS) is 26.9. The molecule has 0 bridgehead atoms. The summed E-state index contributed by atoms with van der Waals surface area (Å²) in [5, 5.41) is 10.0. The van der Waals surface area contributed by atoms with Crippen LogP contribution in [-0.4, -0.2) is 72.2 Å². The molecule has 0 aromatic heterocycles. The van der Waals surface area contributed by atoms with Crippen LogP contribution in [0.3, 0.4) is 0 Å². The van der Waals surface area contributed by atoms with Crippen LogP contribution in [0, 0.1) is 5.92 Å². The van der Waals surface area contributed by atoms with E-state index in [9.17, 15) is 14.7 Å². The van der Waals surface area contributed by atoms with Gasteiger partial charge in [0.1, 0.15) is 0 Å². The molecule has 0 aromatic rings. The van der Waals surface area contributed by atoms with Crippen molar-refractivity contribution in [2.24, 2.45) is 5.92 Å². The third kappa shape index (κ3) is 2.81. The number of β-amino-alcohol motifs (C(OH)–C–C–N with tert-alkyl or cyclic N) is 1. The molecule has 0 radical (unpaired) electrons. The average molecular weight is 256 g/mol. The molecule has 2 fully saturated rings. The van der Waals surface area contributed by atoms with Crippen molar-refractivity contribution in [3.63, 3.8) is 0 Å². The van der Waals surface area contributed by atoms with Gasteiger partial charge in [-0.25, -0.2) is 0 Å². The number of aliphatic hydroxyl groups excluding tert-OH is 1. The van der Waals surface area contributed by atoms with Crippen LogP contribution < -0.4 is 0 Å². The van der Waals surface area contributed by atoms with Gasteiger partial charge in [-0.15, -0.1) is 0 Å². The molecule has 2 atom stereocenters. The summed E-state index contributed by atoms with van der Waals surface area (Å²) in [6, 6.07) is 0. The lowest BCUT2D eigenvalue weighted by atomic mass is 10.0. The first-order chi connectivity index (χ1) is 8.61. The summed E-state index contributed by atoms with van der Waals surface area (Å²) < 4.78 is 5.21. The van der Waals surface area contributed by atoms with E-state index < -0.39 is 6.10 Å². The van der Waals surface area contributed by atoms with Gasteiger partial charge in [-0.3, -0.25) is 9.59 Å². The van der Waals surface area contributed by atoms with Crippen LogP contribution in [0.2, 0.25) is 0 Å². The minimum atomic E-state index is -0.600. The number of rotatable bonds is 4. The van der Waals surface area contributed by atoms with Gasteiger partial charge in [-0.05, 0) is 13.3 Å². The van der Waals surface area contributed by atoms with Crippen molar-refractivity contribution < 1.29 is 19.4 Å². The smallest absolute Gasteiger partial charge is 0.242 e. The minimum Gasteiger partial charge on any atom is -0.391 e. The van der Waals surface area contributed by atoms with E-state index in [1.54, 1.807) is 0 Å². The highest BCUT2D eigenvalue weighted by Crippen LogP contribution is 2.18. The quantitative estimate of drug-likeness (QED) is 0.706. The van der Waals surface area contributed by atoms with Gasteiger partial charge >= 0.3 is 0 Å². The maximum atomic E-state index is 11.8. The van der Waals surface area contributed by atoms with Crippen LogP contribution in [-0.2, 0) is 14.3 Å². The van der Waals surface area contributed by atoms with Crippen molar-refractivity contribution in [2.45, 2.75) is 19.4 Å². The molecule has 0 saturated carbocycles. The van der Waals surface area contributed by atoms with Gasteiger partial charge in [0.05, 0.1) is 25.8 Å². The van der Waals surface area contributed by atoms with Crippen LogP contribution in [0.5, 0.6) is 0 Å². The summed E-state index contributed by atoms with van der Waals surface area (Å²) in [6.07, 6.45) is 0.218. The zero-order valence-corrected chi connectivity index (χ0v) is 10.7. The molecule has 6 heteroatoms.